The molecule has 3 rings (SSSR count). The monoisotopic (exact) mass is 241 g/mol. The molecule has 2 N–H and O–H groups in total. The lowest BCUT2D eigenvalue weighted by Crippen LogP contribution is -2.20. The van der Waals surface area contributed by atoms with Crippen LogP contribution in [0.15, 0.2) is 0 Å². The molecule has 0 saturated heterocycles. The van der Waals surface area contributed by atoms with Crippen molar-refractivity contribution in [2.75, 3.05) is 11.5 Å². The summed E-state index contributed by atoms with van der Waals surface area (Å²) in [4.78, 5) is 0. The third kappa shape index (κ3) is 1.43. The van der Waals surface area contributed by atoms with Crippen LogP contribution in [0.25, 0.3) is 0 Å². The number of rotatable bonds is 1. The van der Waals surface area contributed by atoms with Crippen LogP contribution in [-0.4, -0.2) is 24.0 Å². The summed E-state index contributed by atoms with van der Waals surface area (Å²) < 4.78 is 24.9. The van der Waals surface area contributed by atoms with Crippen LogP contribution in [0, 0.1) is 0 Å². The fourth-order valence-electron chi connectivity index (χ4n) is 2.34. The van der Waals surface area contributed by atoms with Crippen molar-refractivity contribution in [1.82, 2.24) is 9.78 Å². The molecule has 1 aliphatic carbocycles. The third-order valence-electron chi connectivity index (χ3n) is 3.57. The Bertz CT molecular complexity index is 529. The third-order valence-corrected chi connectivity index (χ3v) is 5.12. The van der Waals surface area contributed by atoms with Gasteiger partial charge in [0.2, 0.25) is 0 Å². The highest BCUT2D eigenvalue weighted by Gasteiger charge is 2.30. The van der Waals surface area contributed by atoms with Crippen molar-refractivity contribution in [3.63, 3.8) is 0 Å². The zero-order valence-corrected chi connectivity index (χ0v) is 9.83. The molecule has 0 radical (unpaired) electrons. The first-order chi connectivity index (χ1) is 7.57. The van der Waals surface area contributed by atoms with Gasteiger partial charge >= 0.3 is 0 Å². The van der Waals surface area contributed by atoms with E-state index >= 15 is 0 Å². The number of sulfone groups is 1. The zero-order chi connectivity index (χ0) is 11.3. The van der Waals surface area contributed by atoms with Crippen LogP contribution in [0.1, 0.15) is 36.6 Å². The van der Waals surface area contributed by atoms with Crippen molar-refractivity contribution in [3.05, 3.63) is 11.3 Å². The fourth-order valence-corrected chi connectivity index (χ4v) is 3.75. The smallest absolute Gasteiger partial charge is 0.155 e. The van der Waals surface area contributed by atoms with Gasteiger partial charge in [-0.05, 0) is 19.3 Å². The van der Waals surface area contributed by atoms with E-state index in [4.69, 9.17) is 5.73 Å². The van der Waals surface area contributed by atoms with E-state index in [-0.39, 0.29) is 11.5 Å². The largest absolute Gasteiger partial charge is 0.384 e. The Balaban J connectivity index is 2.03. The van der Waals surface area contributed by atoms with Crippen LogP contribution < -0.4 is 5.73 Å². The molecule has 0 atom stereocenters. The maximum Gasteiger partial charge on any atom is 0.155 e. The van der Waals surface area contributed by atoms with E-state index in [1.165, 1.54) is 6.42 Å². The van der Waals surface area contributed by atoms with Crippen molar-refractivity contribution in [2.24, 2.45) is 0 Å². The zero-order valence-electron chi connectivity index (χ0n) is 9.02. The topological polar surface area (TPSA) is 78.0 Å². The summed E-state index contributed by atoms with van der Waals surface area (Å²) in [5.41, 5.74) is 7.63. The lowest BCUT2D eigenvalue weighted by molar-refractivity contribution is 0.292. The molecule has 6 heteroatoms. The summed E-state index contributed by atoms with van der Waals surface area (Å²) in [6.07, 6.45) is 3.95. The van der Waals surface area contributed by atoms with Crippen molar-refractivity contribution in [3.8, 4) is 0 Å². The second-order valence-corrected chi connectivity index (χ2v) is 6.87. The van der Waals surface area contributed by atoms with E-state index in [1.807, 2.05) is 4.68 Å². The average Bonchev–Trinajstić information content (AvgIpc) is 2.41. The number of nitrogens with two attached hydrogens (primary N) is 1. The van der Waals surface area contributed by atoms with E-state index in [9.17, 15) is 8.42 Å². The van der Waals surface area contributed by atoms with Crippen LogP contribution in [0.4, 0.5) is 5.82 Å². The SMILES string of the molecule is Nc1c2c(nn1C1CCC1)CCS(=O)(=O)C2. The molecule has 1 aromatic rings. The molecular formula is C10H15N3O2S. The lowest BCUT2D eigenvalue weighted by Gasteiger charge is -2.26. The molecule has 2 heterocycles. The van der Waals surface area contributed by atoms with Gasteiger partial charge in [0.15, 0.2) is 9.84 Å². The summed E-state index contributed by atoms with van der Waals surface area (Å²) in [7, 11) is -2.95. The fraction of sp³-hybridized carbons (Fsp3) is 0.700. The predicted octanol–water partition coefficient (Wildman–Crippen LogP) is 0.661. The predicted molar refractivity (Wildman–Crippen MR) is 60.7 cm³/mol. The molecular weight excluding hydrogens is 226 g/mol. The number of aryl methyl sites for hydroxylation is 1. The highest BCUT2D eigenvalue weighted by molar-refractivity contribution is 7.90. The molecule has 0 spiro atoms. The number of nitrogen functional groups attached to an aromatic ring is 1. The molecule has 1 fully saturated rings. The molecule has 1 saturated carbocycles. The van der Waals surface area contributed by atoms with E-state index in [0.717, 1.165) is 24.1 Å². The van der Waals surface area contributed by atoms with Crippen molar-refractivity contribution >= 4 is 15.7 Å². The first-order valence-electron chi connectivity index (χ1n) is 5.63. The molecule has 0 bridgehead atoms. The van der Waals surface area contributed by atoms with Gasteiger partial charge in [-0.25, -0.2) is 13.1 Å². The van der Waals surface area contributed by atoms with Crippen molar-refractivity contribution in [2.45, 2.75) is 37.5 Å². The van der Waals surface area contributed by atoms with E-state index < -0.39 is 9.84 Å². The number of anilines is 1. The van der Waals surface area contributed by atoms with Gasteiger partial charge in [-0.3, -0.25) is 0 Å². The summed E-state index contributed by atoms with van der Waals surface area (Å²) in [6.45, 7) is 0. The molecule has 1 aliphatic heterocycles. The second kappa shape index (κ2) is 3.23. The Hall–Kier alpha value is -1.04. The summed E-state index contributed by atoms with van der Waals surface area (Å²) in [6, 6.07) is 0.397. The van der Waals surface area contributed by atoms with Gasteiger partial charge in [-0.1, -0.05) is 0 Å². The highest BCUT2D eigenvalue weighted by Crippen LogP contribution is 2.36. The van der Waals surface area contributed by atoms with Gasteiger partial charge in [-0.15, -0.1) is 0 Å². The molecule has 2 aliphatic rings. The molecule has 0 amide bonds. The van der Waals surface area contributed by atoms with Gasteiger partial charge in [0, 0.05) is 12.0 Å². The number of hydrogen-bond donors (Lipinski definition) is 1. The molecule has 88 valence electrons. The van der Waals surface area contributed by atoms with Gasteiger partial charge in [-0.2, -0.15) is 5.10 Å². The summed E-state index contributed by atoms with van der Waals surface area (Å²) in [5.74, 6) is 0.852. The molecule has 0 unspecified atom stereocenters. The molecule has 5 nitrogen and oxygen atoms in total. The Morgan fingerprint density at radius 2 is 2.12 bits per heavy atom. The average molecular weight is 241 g/mol. The highest BCUT2D eigenvalue weighted by atomic mass is 32.2. The summed E-state index contributed by atoms with van der Waals surface area (Å²) >= 11 is 0. The van der Waals surface area contributed by atoms with Crippen LogP contribution in [-0.2, 0) is 22.0 Å². The summed E-state index contributed by atoms with van der Waals surface area (Å²) in [5, 5.41) is 4.47. The standard InChI is InChI=1S/C10H15N3O2S/c11-10-8-6-16(14,15)5-4-9(8)12-13(10)7-2-1-3-7/h7H,1-6,11H2. The first-order valence-corrected chi connectivity index (χ1v) is 7.45. The van der Waals surface area contributed by atoms with Crippen molar-refractivity contribution in [1.29, 1.82) is 0 Å². The van der Waals surface area contributed by atoms with Gasteiger partial charge in [0.05, 0.1) is 23.2 Å². The van der Waals surface area contributed by atoms with Crippen LogP contribution in [0.3, 0.4) is 0 Å². The van der Waals surface area contributed by atoms with Crippen LogP contribution in [0.2, 0.25) is 0 Å². The Labute approximate surface area is 94.5 Å². The minimum atomic E-state index is -2.95. The Kier molecular flexibility index (Phi) is 2.04. The van der Waals surface area contributed by atoms with Gasteiger partial charge in [0.1, 0.15) is 5.82 Å². The van der Waals surface area contributed by atoms with E-state index in [1.54, 1.807) is 0 Å². The molecule has 0 aromatic carbocycles. The normalized spacial score (nSPS) is 23.8. The second-order valence-electron chi connectivity index (χ2n) is 4.68. The maximum atomic E-state index is 11.5. The quantitative estimate of drug-likeness (QED) is 0.783. The lowest BCUT2D eigenvalue weighted by atomic mass is 9.93. The number of aromatic nitrogens is 2. The number of nitrogens with zero attached hydrogens (tertiary/aromatic N) is 2. The van der Waals surface area contributed by atoms with Crippen molar-refractivity contribution < 1.29 is 8.42 Å². The minimum absolute atomic E-state index is 0.0703. The first kappa shape index (κ1) is 10.1. The van der Waals surface area contributed by atoms with E-state index in [2.05, 4.69) is 5.10 Å². The van der Waals surface area contributed by atoms with Crippen LogP contribution in [0.5, 0.6) is 0 Å². The molecule has 1 aromatic heterocycles. The number of hydrogen-bond acceptors (Lipinski definition) is 4. The number of fused-ring (bicyclic) bond motifs is 1. The Morgan fingerprint density at radius 1 is 1.38 bits per heavy atom. The van der Waals surface area contributed by atoms with E-state index in [0.29, 0.717) is 18.3 Å². The van der Waals surface area contributed by atoms with Gasteiger partial charge < -0.3 is 5.73 Å². The maximum absolute atomic E-state index is 11.5. The Morgan fingerprint density at radius 3 is 2.75 bits per heavy atom. The molecule has 16 heavy (non-hydrogen) atoms. The van der Waals surface area contributed by atoms with Gasteiger partial charge in [0.25, 0.3) is 0 Å². The van der Waals surface area contributed by atoms with Crippen LogP contribution >= 0.6 is 0 Å². The minimum Gasteiger partial charge on any atom is -0.384 e.